The van der Waals surface area contributed by atoms with E-state index in [-0.39, 0.29) is 29.0 Å². The van der Waals surface area contributed by atoms with E-state index < -0.39 is 10.0 Å². The molecule has 1 amide bonds. The minimum atomic E-state index is -3.97. The fourth-order valence-corrected chi connectivity index (χ4v) is 6.33. The second kappa shape index (κ2) is 10.3. The summed E-state index contributed by atoms with van der Waals surface area (Å²) in [6, 6.07) is 21.2. The maximum Gasteiger partial charge on any atom is 0.264 e. The molecule has 0 saturated heterocycles. The smallest absolute Gasteiger partial charge is 0.264 e. The molecule has 6 nitrogen and oxygen atoms in total. The summed E-state index contributed by atoms with van der Waals surface area (Å²) in [6.45, 7) is 7.66. The van der Waals surface area contributed by atoms with Crippen molar-refractivity contribution < 1.29 is 17.9 Å². The van der Waals surface area contributed by atoms with Gasteiger partial charge < -0.3 is 10.1 Å². The first kappa shape index (κ1) is 25.8. The molecule has 0 aromatic heterocycles. The van der Waals surface area contributed by atoms with Crippen molar-refractivity contribution in [1.29, 1.82) is 0 Å². The largest absolute Gasteiger partial charge is 0.487 e. The molecule has 4 rings (SSSR count). The first-order valence-corrected chi connectivity index (χ1v) is 13.9. The molecule has 0 unspecified atom stereocenters. The number of rotatable bonds is 8. The van der Waals surface area contributed by atoms with Gasteiger partial charge in [-0.15, -0.1) is 0 Å². The van der Waals surface area contributed by atoms with Gasteiger partial charge >= 0.3 is 0 Å². The van der Waals surface area contributed by atoms with Gasteiger partial charge in [0.05, 0.1) is 16.6 Å². The third-order valence-corrected chi connectivity index (χ3v) is 9.06. The van der Waals surface area contributed by atoms with Crippen molar-refractivity contribution in [1.82, 2.24) is 5.32 Å². The molecule has 1 heterocycles. The van der Waals surface area contributed by atoms with Crippen molar-refractivity contribution in [2.75, 3.05) is 10.8 Å². The standard InChI is InChI=1S/C29H34N2O4S/c1-5-29(6-2)19-25(24-16-10-11-18-27(24)35-29)30-28(32)20-31(26-17-12-13-21(3)22(26)4)36(33,34)23-14-8-7-9-15-23/h7-18,25H,5-6,19-20H2,1-4H3,(H,30,32)/t25-/m1/s1. The fourth-order valence-electron chi connectivity index (χ4n) is 4.83. The Kier molecular flexibility index (Phi) is 7.41. The van der Waals surface area contributed by atoms with Crippen molar-refractivity contribution in [3.8, 4) is 5.75 Å². The van der Waals surface area contributed by atoms with Crippen LogP contribution in [0.5, 0.6) is 5.75 Å². The van der Waals surface area contributed by atoms with E-state index in [1.807, 2.05) is 50.2 Å². The highest BCUT2D eigenvalue weighted by molar-refractivity contribution is 7.92. The van der Waals surface area contributed by atoms with Crippen molar-refractivity contribution >= 4 is 21.6 Å². The van der Waals surface area contributed by atoms with E-state index in [1.165, 1.54) is 4.31 Å². The summed E-state index contributed by atoms with van der Waals surface area (Å²) in [7, 11) is -3.97. The van der Waals surface area contributed by atoms with Crippen molar-refractivity contribution in [3.05, 3.63) is 89.5 Å². The first-order valence-electron chi connectivity index (χ1n) is 12.4. The summed E-state index contributed by atoms with van der Waals surface area (Å²) >= 11 is 0. The number of anilines is 1. The predicted molar refractivity (Wildman–Crippen MR) is 143 cm³/mol. The molecule has 1 atom stereocenters. The second-order valence-electron chi connectivity index (χ2n) is 9.40. The number of nitrogens with one attached hydrogen (secondary N) is 1. The van der Waals surface area contributed by atoms with Crippen LogP contribution < -0.4 is 14.4 Å². The Labute approximate surface area is 214 Å². The maximum absolute atomic E-state index is 13.7. The van der Waals surface area contributed by atoms with Gasteiger partial charge in [-0.3, -0.25) is 9.10 Å². The molecule has 0 aliphatic carbocycles. The number of benzene rings is 3. The Morgan fingerprint density at radius 1 is 0.972 bits per heavy atom. The zero-order valence-electron chi connectivity index (χ0n) is 21.3. The molecule has 0 saturated carbocycles. The van der Waals surface area contributed by atoms with Crippen LogP contribution in [0.4, 0.5) is 5.69 Å². The Bertz CT molecular complexity index is 1330. The molecular weight excluding hydrogens is 472 g/mol. The van der Waals surface area contributed by atoms with Crippen LogP contribution in [0.1, 0.15) is 55.8 Å². The number of fused-ring (bicyclic) bond motifs is 1. The average molecular weight is 507 g/mol. The Balaban J connectivity index is 1.68. The summed E-state index contributed by atoms with van der Waals surface area (Å²) in [5, 5.41) is 3.13. The summed E-state index contributed by atoms with van der Waals surface area (Å²) < 4.78 is 35.1. The number of hydrogen-bond acceptors (Lipinski definition) is 4. The molecule has 0 fully saturated rings. The summed E-state index contributed by atoms with van der Waals surface area (Å²) in [5.41, 5.74) is 2.80. The molecule has 0 bridgehead atoms. The molecule has 3 aromatic carbocycles. The highest BCUT2D eigenvalue weighted by atomic mass is 32.2. The van der Waals surface area contributed by atoms with Gasteiger partial charge in [0.2, 0.25) is 5.91 Å². The zero-order valence-corrected chi connectivity index (χ0v) is 22.1. The lowest BCUT2D eigenvalue weighted by Crippen LogP contribution is -2.47. The minimum Gasteiger partial charge on any atom is -0.487 e. The van der Waals surface area contributed by atoms with Gasteiger partial charge in [0.1, 0.15) is 17.9 Å². The normalized spacial score (nSPS) is 16.5. The van der Waals surface area contributed by atoms with Crippen LogP contribution in [-0.4, -0.2) is 26.5 Å². The zero-order chi connectivity index (χ0) is 25.9. The highest BCUT2D eigenvalue weighted by Gasteiger charge is 2.39. The van der Waals surface area contributed by atoms with Gasteiger partial charge in [-0.1, -0.05) is 62.4 Å². The molecule has 1 N–H and O–H groups in total. The van der Waals surface area contributed by atoms with Crippen molar-refractivity contribution in [2.24, 2.45) is 0 Å². The van der Waals surface area contributed by atoms with Crippen LogP contribution in [0.15, 0.2) is 77.7 Å². The quantitative estimate of drug-likeness (QED) is 0.425. The second-order valence-corrected chi connectivity index (χ2v) is 11.3. The van der Waals surface area contributed by atoms with Gasteiger partial charge in [0.25, 0.3) is 10.0 Å². The average Bonchev–Trinajstić information content (AvgIpc) is 2.89. The predicted octanol–water partition coefficient (Wildman–Crippen LogP) is 5.70. The molecule has 1 aliphatic heterocycles. The van der Waals surface area contributed by atoms with Crippen molar-refractivity contribution in [3.63, 3.8) is 0 Å². The van der Waals surface area contributed by atoms with Crippen LogP contribution in [0, 0.1) is 13.8 Å². The molecule has 0 spiro atoms. The highest BCUT2D eigenvalue weighted by Crippen LogP contribution is 2.42. The Hall–Kier alpha value is -3.32. The molecule has 3 aromatic rings. The summed E-state index contributed by atoms with van der Waals surface area (Å²) in [4.78, 5) is 13.7. The number of aryl methyl sites for hydroxylation is 1. The number of carbonyl (C=O) groups is 1. The van der Waals surface area contributed by atoms with E-state index >= 15 is 0 Å². The van der Waals surface area contributed by atoms with E-state index in [9.17, 15) is 13.2 Å². The SMILES string of the molecule is CCC1(CC)C[C@@H](NC(=O)CN(c2cccc(C)c2C)S(=O)(=O)c2ccccc2)c2ccccc2O1. The van der Waals surface area contributed by atoms with Crippen LogP contribution >= 0.6 is 0 Å². The lowest BCUT2D eigenvalue weighted by molar-refractivity contribution is -0.121. The van der Waals surface area contributed by atoms with Gasteiger partial charge in [0, 0.05) is 12.0 Å². The number of para-hydroxylation sites is 1. The van der Waals surface area contributed by atoms with E-state index in [1.54, 1.807) is 36.4 Å². The lowest BCUT2D eigenvalue weighted by Gasteiger charge is -2.41. The lowest BCUT2D eigenvalue weighted by atomic mass is 9.83. The van der Waals surface area contributed by atoms with Gasteiger partial charge in [-0.2, -0.15) is 0 Å². The van der Waals surface area contributed by atoms with E-state index in [0.29, 0.717) is 12.1 Å². The Morgan fingerprint density at radius 3 is 2.33 bits per heavy atom. The van der Waals surface area contributed by atoms with Crippen LogP contribution in [-0.2, 0) is 14.8 Å². The maximum atomic E-state index is 13.7. The third-order valence-electron chi connectivity index (χ3n) is 7.28. The van der Waals surface area contributed by atoms with Gasteiger partial charge in [-0.25, -0.2) is 8.42 Å². The van der Waals surface area contributed by atoms with Gasteiger partial charge in [-0.05, 0) is 62.1 Å². The molecule has 1 aliphatic rings. The third kappa shape index (κ3) is 4.98. The van der Waals surface area contributed by atoms with E-state index in [2.05, 4.69) is 19.2 Å². The fraction of sp³-hybridized carbons (Fsp3) is 0.345. The Morgan fingerprint density at radius 2 is 1.64 bits per heavy atom. The molecule has 190 valence electrons. The topological polar surface area (TPSA) is 75.7 Å². The number of sulfonamides is 1. The minimum absolute atomic E-state index is 0.145. The number of nitrogens with zero attached hydrogens (tertiary/aromatic N) is 1. The molecule has 7 heteroatoms. The number of hydrogen-bond donors (Lipinski definition) is 1. The summed E-state index contributed by atoms with van der Waals surface area (Å²) in [5.74, 6) is 0.402. The van der Waals surface area contributed by atoms with E-state index in [4.69, 9.17) is 4.74 Å². The molecular formula is C29H34N2O4S. The van der Waals surface area contributed by atoms with Crippen LogP contribution in [0.25, 0.3) is 0 Å². The van der Waals surface area contributed by atoms with Crippen LogP contribution in [0.3, 0.4) is 0 Å². The van der Waals surface area contributed by atoms with Crippen molar-refractivity contribution in [2.45, 2.75) is 63.5 Å². The monoisotopic (exact) mass is 506 g/mol. The summed E-state index contributed by atoms with van der Waals surface area (Å²) in [6.07, 6.45) is 2.24. The van der Waals surface area contributed by atoms with Crippen LogP contribution in [0.2, 0.25) is 0 Å². The number of carbonyl (C=O) groups excluding carboxylic acids is 1. The van der Waals surface area contributed by atoms with Gasteiger partial charge in [0.15, 0.2) is 0 Å². The molecule has 0 radical (unpaired) electrons. The molecule has 36 heavy (non-hydrogen) atoms. The number of ether oxygens (including phenoxy) is 1. The first-order chi connectivity index (χ1) is 17.2. The van der Waals surface area contributed by atoms with E-state index in [0.717, 1.165) is 35.3 Å². The number of amides is 1.